The van der Waals surface area contributed by atoms with Crippen LogP contribution in [-0.2, 0) is 19.1 Å². The van der Waals surface area contributed by atoms with Crippen molar-refractivity contribution < 1.29 is 23.9 Å². The lowest BCUT2D eigenvalue weighted by atomic mass is 9.96. The predicted molar refractivity (Wildman–Crippen MR) is 89.4 cm³/mol. The third-order valence-electron chi connectivity index (χ3n) is 4.28. The molecule has 7 nitrogen and oxygen atoms in total. The zero-order valence-electron chi connectivity index (χ0n) is 15.8. The highest BCUT2D eigenvalue weighted by Crippen LogP contribution is 2.23. The van der Waals surface area contributed by atoms with Crippen LogP contribution in [0.1, 0.15) is 48.0 Å². The fraction of sp³-hybridized carbons (Fsp3) is 0.824. The largest absolute Gasteiger partial charge is 0.467 e. The number of methoxy groups -OCH3 is 1. The number of carbonyl (C=O) groups excluding carboxylic acids is 3. The van der Waals surface area contributed by atoms with Crippen molar-refractivity contribution in [1.29, 1.82) is 0 Å². The van der Waals surface area contributed by atoms with E-state index >= 15 is 0 Å². The van der Waals surface area contributed by atoms with E-state index in [1.54, 1.807) is 27.7 Å². The van der Waals surface area contributed by atoms with Gasteiger partial charge in [0.1, 0.15) is 17.7 Å². The van der Waals surface area contributed by atoms with Crippen molar-refractivity contribution in [2.45, 2.75) is 65.6 Å². The van der Waals surface area contributed by atoms with E-state index < -0.39 is 29.7 Å². The first-order chi connectivity index (χ1) is 11.0. The Bertz CT molecular complexity index is 486. The Kier molecular flexibility index (Phi) is 6.63. The number of carbonyl (C=O) groups is 3. The number of hydrogen-bond acceptors (Lipinski definition) is 5. The van der Waals surface area contributed by atoms with Crippen LogP contribution in [0.5, 0.6) is 0 Å². The number of nitrogens with zero attached hydrogens (tertiary/aromatic N) is 2. The Morgan fingerprint density at radius 1 is 1.29 bits per heavy atom. The first kappa shape index (κ1) is 20.3. The highest BCUT2D eigenvalue weighted by atomic mass is 16.6. The Balaban J connectivity index is 2.93. The molecular weight excluding hydrogens is 312 g/mol. The summed E-state index contributed by atoms with van der Waals surface area (Å²) in [6.45, 7) is 11.5. The van der Waals surface area contributed by atoms with Crippen LogP contribution in [0.25, 0.3) is 0 Å². The van der Waals surface area contributed by atoms with Crippen molar-refractivity contribution in [3.05, 3.63) is 0 Å². The van der Waals surface area contributed by atoms with E-state index in [9.17, 15) is 14.4 Å². The summed E-state index contributed by atoms with van der Waals surface area (Å²) in [6.07, 6.45) is 0.231. The van der Waals surface area contributed by atoms with Gasteiger partial charge in [0.25, 0.3) is 0 Å². The van der Waals surface area contributed by atoms with Crippen LogP contribution in [0.3, 0.4) is 0 Å². The van der Waals surface area contributed by atoms with Crippen LogP contribution < -0.4 is 0 Å². The lowest BCUT2D eigenvalue weighted by Gasteiger charge is -2.43. The third kappa shape index (κ3) is 4.61. The molecule has 0 saturated carbocycles. The van der Waals surface area contributed by atoms with Crippen LogP contribution in [-0.4, -0.2) is 65.7 Å². The van der Waals surface area contributed by atoms with Gasteiger partial charge in [0.15, 0.2) is 0 Å². The summed E-state index contributed by atoms with van der Waals surface area (Å²) in [4.78, 5) is 40.1. The van der Waals surface area contributed by atoms with E-state index in [2.05, 4.69) is 0 Å². The topological polar surface area (TPSA) is 76.2 Å². The Labute approximate surface area is 144 Å². The average Bonchev–Trinajstić information content (AvgIpc) is 2.49. The molecule has 138 valence electrons. The fourth-order valence-corrected chi connectivity index (χ4v) is 2.75. The molecule has 24 heavy (non-hydrogen) atoms. The summed E-state index contributed by atoms with van der Waals surface area (Å²) in [6, 6.07) is -1.31. The summed E-state index contributed by atoms with van der Waals surface area (Å²) in [5, 5.41) is 0. The molecule has 1 aliphatic heterocycles. The SMILES string of the molecule is CC[C@H](C)[C@@H](C(=O)OC)N1CCN(C(=O)OC(C)(C)C)[C@@H](C)C1=O. The third-order valence-corrected chi connectivity index (χ3v) is 4.28. The first-order valence-corrected chi connectivity index (χ1v) is 8.41. The Hall–Kier alpha value is -1.79. The quantitative estimate of drug-likeness (QED) is 0.731. The first-order valence-electron chi connectivity index (χ1n) is 8.41. The van der Waals surface area contributed by atoms with Crippen molar-refractivity contribution >= 4 is 18.0 Å². The average molecular weight is 342 g/mol. The molecule has 0 aliphatic carbocycles. The zero-order chi connectivity index (χ0) is 18.7. The summed E-state index contributed by atoms with van der Waals surface area (Å²) >= 11 is 0. The molecule has 0 unspecified atom stereocenters. The molecule has 1 fully saturated rings. The van der Waals surface area contributed by atoms with Crippen LogP contribution in [0.15, 0.2) is 0 Å². The molecule has 7 heteroatoms. The van der Waals surface area contributed by atoms with E-state index in [-0.39, 0.29) is 18.4 Å². The number of ether oxygens (including phenoxy) is 2. The normalized spacial score (nSPS) is 21.3. The summed E-state index contributed by atoms with van der Waals surface area (Å²) in [7, 11) is 1.32. The molecule has 3 atom stereocenters. The number of rotatable bonds is 4. The van der Waals surface area contributed by atoms with Gasteiger partial charge in [0, 0.05) is 13.1 Å². The summed E-state index contributed by atoms with van der Waals surface area (Å²) in [5.41, 5.74) is -0.623. The predicted octanol–water partition coefficient (Wildman–Crippen LogP) is 2.04. The van der Waals surface area contributed by atoms with E-state index in [0.717, 1.165) is 6.42 Å². The van der Waals surface area contributed by atoms with Gasteiger partial charge in [-0.3, -0.25) is 9.69 Å². The molecule has 1 heterocycles. The number of amides is 2. The fourth-order valence-electron chi connectivity index (χ4n) is 2.75. The van der Waals surface area contributed by atoms with Crippen LogP contribution >= 0.6 is 0 Å². The van der Waals surface area contributed by atoms with Gasteiger partial charge in [-0.05, 0) is 33.6 Å². The summed E-state index contributed by atoms with van der Waals surface area (Å²) in [5.74, 6) is -0.708. The molecule has 0 aromatic rings. The van der Waals surface area contributed by atoms with Crippen molar-refractivity contribution in [2.75, 3.05) is 20.2 Å². The van der Waals surface area contributed by atoms with Crippen LogP contribution in [0.2, 0.25) is 0 Å². The molecule has 1 rings (SSSR count). The lowest BCUT2D eigenvalue weighted by Crippen LogP contribution is -2.63. The van der Waals surface area contributed by atoms with Crippen molar-refractivity contribution in [2.24, 2.45) is 5.92 Å². The number of piperazine rings is 1. The molecule has 2 amide bonds. The van der Waals surface area contributed by atoms with Gasteiger partial charge in [-0.1, -0.05) is 20.3 Å². The molecule has 0 spiro atoms. The molecule has 1 aliphatic rings. The zero-order valence-corrected chi connectivity index (χ0v) is 15.8. The van der Waals surface area contributed by atoms with Gasteiger partial charge in [-0.15, -0.1) is 0 Å². The number of esters is 1. The molecule has 1 saturated heterocycles. The van der Waals surface area contributed by atoms with Gasteiger partial charge in [-0.2, -0.15) is 0 Å². The lowest BCUT2D eigenvalue weighted by molar-refractivity contribution is -0.160. The standard InChI is InChI=1S/C17H30N2O5/c1-8-11(2)13(15(21)23-7)19-10-9-18(12(3)14(19)20)16(22)24-17(4,5)6/h11-13H,8-10H2,1-7H3/t11-,12-,13-/m0/s1. The van der Waals surface area contributed by atoms with E-state index in [1.165, 1.54) is 16.9 Å². The second-order valence-electron chi connectivity index (χ2n) is 7.23. The van der Waals surface area contributed by atoms with E-state index in [1.807, 2.05) is 13.8 Å². The second-order valence-corrected chi connectivity index (χ2v) is 7.23. The molecule has 0 aromatic heterocycles. The highest BCUT2D eigenvalue weighted by Gasteiger charge is 2.42. The molecule has 0 radical (unpaired) electrons. The van der Waals surface area contributed by atoms with Gasteiger partial charge in [0.05, 0.1) is 7.11 Å². The van der Waals surface area contributed by atoms with Crippen LogP contribution in [0, 0.1) is 5.92 Å². The Morgan fingerprint density at radius 3 is 2.33 bits per heavy atom. The number of hydrogen-bond donors (Lipinski definition) is 0. The minimum Gasteiger partial charge on any atom is -0.467 e. The highest BCUT2D eigenvalue weighted by molar-refractivity contribution is 5.90. The van der Waals surface area contributed by atoms with Crippen molar-refractivity contribution in [3.63, 3.8) is 0 Å². The maximum absolute atomic E-state index is 12.8. The van der Waals surface area contributed by atoms with Gasteiger partial charge < -0.3 is 14.4 Å². The minimum atomic E-state index is -0.676. The molecular formula is C17H30N2O5. The van der Waals surface area contributed by atoms with Crippen molar-refractivity contribution in [1.82, 2.24) is 9.80 Å². The smallest absolute Gasteiger partial charge is 0.411 e. The minimum absolute atomic E-state index is 0.0262. The Morgan fingerprint density at radius 2 is 1.88 bits per heavy atom. The van der Waals surface area contributed by atoms with Crippen molar-refractivity contribution in [3.8, 4) is 0 Å². The molecule has 0 bridgehead atoms. The maximum Gasteiger partial charge on any atom is 0.411 e. The monoisotopic (exact) mass is 342 g/mol. The van der Waals surface area contributed by atoms with E-state index in [4.69, 9.17) is 9.47 Å². The van der Waals surface area contributed by atoms with Crippen LogP contribution in [0.4, 0.5) is 4.79 Å². The second kappa shape index (κ2) is 7.85. The molecule has 0 aromatic carbocycles. The van der Waals surface area contributed by atoms with Gasteiger partial charge in [-0.25, -0.2) is 9.59 Å². The summed E-state index contributed by atoms with van der Waals surface area (Å²) < 4.78 is 10.2. The van der Waals surface area contributed by atoms with Gasteiger partial charge in [0.2, 0.25) is 5.91 Å². The maximum atomic E-state index is 12.8. The van der Waals surface area contributed by atoms with E-state index in [0.29, 0.717) is 6.54 Å². The molecule has 0 N–H and O–H groups in total. The van der Waals surface area contributed by atoms with Gasteiger partial charge >= 0.3 is 12.1 Å².